The first-order valence-corrected chi connectivity index (χ1v) is 9.65. The van der Waals surface area contributed by atoms with Crippen molar-refractivity contribution in [3.05, 3.63) is 59.7 Å². The first-order chi connectivity index (χ1) is 13.6. The molecule has 2 amide bonds. The van der Waals surface area contributed by atoms with Crippen LogP contribution in [0.25, 0.3) is 0 Å². The first kappa shape index (κ1) is 22.1. The molecular weight excluding hydrogens is 368 g/mol. The van der Waals surface area contributed by atoms with Gasteiger partial charge in [0.05, 0.1) is 12.2 Å². The normalized spacial score (nSPS) is 11.1. The maximum absolute atomic E-state index is 12.7. The first-order valence-electron chi connectivity index (χ1n) is 9.65. The number of hydrogen-bond donors (Lipinski definition) is 2. The summed E-state index contributed by atoms with van der Waals surface area (Å²) in [6, 6.07) is 13.9. The van der Waals surface area contributed by atoms with E-state index in [2.05, 4.69) is 24.5 Å². The Bertz CT molecular complexity index is 869. The fraction of sp³-hybridized carbons (Fsp3) is 0.348. The van der Waals surface area contributed by atoms with Gasteiger partial charge in [-0.15, -0.1) is 0 Å². The molecule has 0 unspecified atom stereocenters. The monoisotopic (exact) mass is 396 g/mol. The SMILES string of the molecule is CCOC(=O)c1ccc(NC(=O)C(C)(C)C(=O)Nc2ccc(C(C)C)cc2)cc1. The summed E-state index contributed by atoms with van der Waals surface area (Å²) in [5.74, 6) is -0.876. The third-order valence-electron chi connectivity index (χ3n) is 4.62. The Labute approximate surface area is 171 Å². The quantitative estimate of drug-likeness (QED) is 0.529. The summed E-state index contributed by atoms with van der Waals surface area (Å²) in [4.78, 5) is 37.0. The zero-order valence-corrected chi connectivity index (χ0v) is 17.5. The lowest BCUT2D eigenvalue weighted by atomic mass is 9.90. The standard InChI is InChI=1S/C23H28N2O4/c1-6-29-20(26)17-9-13-19(14-10-17)25-22(28)23(4,5)21(27)24-18-11-7-16(8-12-18)15(2)3/h7-15H,6H2,1-5H3,(H,24,27)(H,25,28). The second-order valence-corrected chi connectivity index (χ2v) is 7.61. The number of carbonyl (C=O) groups is 3. The molecule has 0 heterocycles. The van der Waals surface area contributed by atoms with E-state index >= 15 is 0 Å². The summed E-state index contributed by atoms with van der Waals surface area (Å²) in [6.07, 6.45) is 0. The van der Waals surface area contributed by atoms with E-state index in [1.807, 2.05) is 24.3 Å². The molecule has 0 aliphatic heterocycles. The van der Waals surface area contributed by atoms with Crippen LogP contribution >= 0.6 is 0 Å². The van der Waals surface area contributed by atoms with Gasteiger partial charge in [0.2, 0.25) is 11.8 Å². The van der Waals surface area contributed by atoms with Crippen LogP contribution in [-0.4, -0.2) is 24.4 Å². The Kier molecular flexibility index (Phi) is 7.15. The van der Waals surface area contributed by atoms with E-state index in [1.54, 1.807) is 45.0 Å². The van der Waals surface area contributed by atoms with Gasteiger partial charge >= 0.3 is 5.97 Å². The zero-order chi connectivity index (χ0) is 21.6. The Morgan fingerprint density at radius 1 is 0.862 bits per heavy atom. The van der Waals surface area contributed by atoms with Crippen molar-refractivity contribution in [2.45, 2.75) is 40.5 Å². The van der Waals surface area contributed by atoms with Gasteiger partial charge in [-0.2, -0.15) is 0 Å². The van der Waals surface area contributed by atoms with Gasteiger partial charge in [0, 0.05) is 11.4 Å². The molecule has 0 fully saturated rings. The summed E-state index contributed by atoms with van der Waals surface area (Å²) < 4.78 is 4.93. The summed E-state index contributed by atoms with van der Waals surface area (Å²) in [5.41, 5.74) is 1.40. The maximum Gasteiger partial charge on any atom is 0.338 e. The highest BCUT2D eigenvalue weighted by Gasteiger charge is 2.36. The molecule has 0 radical (unpaired) electrons. The second-order valence-electron chi connectivity index (χ2n) is 7.61. The number of esters is 1. The number of carbonyl (C=O) groups excluding carboxylic acids is 3. The molecule has 6 heteroatoms. The van der Waals surface area contributed by atoms with Gasteiger partial charge < -0.3 is 15.4 Å². The summed E-state index contributed by atoms with van der Waals surface area (Å²) in [7, 11) is 0. The van der Waals surface area contributed by atoms with Crippen LogP contribution in [0, 0.1) is 5.41 Å². The van der Waals surface area contributed by atoms with Crippen LogP contribution in [0.3, 0.4) is 0 Å². The van der Waals surface area contributed by atoms with Crippen molar-refractivity contribution in [1.82, 2.24) is 0 Å². The minimum absolute atomic E-state index is 0.292. The van der Waals surface area contributed by atoms with Crippen molar-refractivity contribution in [3.8, 4) is 0 Å². The lowest BCUT2D eigenvalue weighted by Gasteiger charge is -2.23. The lowest BCUT2D eigenvalue weighted by Crippen LogP contribution is -2.41. The van der Waals surface area contributed by atoms with Crippen LogP contribution in [0.15, 0.2) is 48.5 Å². The molecule has 2 N–H and O–H groups in total. The van der Waals surface area contributed by atoms with Crippen LogP contribution < -0.4 is 10.6 Å². The molecular formula is C23H28N2O4. The molecule has 0 saturated carbocycles. The minimum atomic E-state index is -1.30. The molecule has 0 atom stereocenters. The maximum atomic E-state index is 12.7. The average molecular weight is 396 g/mol. The van der Waals surface area contributed by atoms with E-state index in [0.29, 0.717) is 29.5 Å². The van der Waals surface area contributed by atoms with Gasteiger partial charge in [-0.25, -0.2) is 4.79 Å². The van der Waals surface area contributed by atoms with Gasteiger partial charge in [0.15, 0.2) is 0 Å². The van der Waals surface area contributed by atoms with E-state index in [-0.39, 0.29) is 0 Å². The van der Waals surface area contributed by atoms with Gasteiger partial charge in [0.25, 0.3) is 0 Å². The van der Waals surface area contributed by atoms with Gasteiger partial charge in [-0.3, -0.25) is 9.59 Å². The smallest absolute Gasteiger partial charge is 0.338 e. The van der Waals surface area contributed by atoms with Gasteiger partial charge in [-0.1, -0.05) is 26.0 Å². The molecule has 0 spiro atoms. The summed E-state index contributed by atoms with van der Waals surface area (Å²) in [6.45, 7) is 9.35. The Balaban J connectivity index is 2.02. The predicted molar refractivity (Wildman–Crippen MR) is 114 cm³/mol. The molecule has 0 aliphatic carbocycles. The van der Waals surface area contributed by atoms with Crippen molar-refractivity contribution < 1.29 is 19.1 Å². The van der Waals surface area contributed by atoms with Crippen molar-refractivity contribution in [2.75, 3.05) is 17.2 Å². The molecule has 2 aromatic carbocycles. The molecule has 0 saturated heterocycles. The van der Waals surface area contributed by atoms with Gasteiger partial charge in [-0.05, 0) is 68.7 Å². The van der Waals surface area contributed by atoms with Crippen molar-refractivity contribution in [1.29, 1.82) is 0 Å². The Morgan fingerprint density at radius 3 is 1.72 bits per heavy atom. The number of rotatable bonds is 7. The van der Waals surface area contributed by atoms with Gasteiger partial charge in [0.1, 0.15) is 5.41 Å². The number of anilines is 2. The van der Waals surface area contributed by atoms with Crippen LogP contribution in [0.4, 0.5) is 11.4 Å². The van der Waals surface area contributed by atoms with Crippen molar-refractivity contribution >= 4 is 29.2 Å². The third-order valence-corrected chi connectivity index (χ3v) is 4.62. The highest BCUT2D eigenvalue weighted by Crippen LogP contribution is 2.23. The van der Waals surface area contributed by atoms with Crippen LogP contribution in [-0.2, 0) is 14.3 Å². The molecule has 29 heavy (non-hydrogen) atoms. The molecule has 2 rings (SSSR count). The number of benzene rings is 2. The number of ether oxygens (including phenoxy) is 1. The molecule has 0 aromatic heterocycles. The molecule has 0 bridgehead atoms. The average Bonchev–Trinajstić information content (AvgIpc) is 2.69. The number of amides is 2. The summed E-state index contributed by atoms with van der Waals surface area (Å²) in [5, 5.41) is 5.51. The fourth-order valence-electron chi connectivity index (χ4n) is 2.53. The largest absolute Gasteiger partial charge is 0.462 e. The van der Waals surface area contributed by atoms with Crippen molar-refractivity contribution in [3.63, 3.8) is 0 Å². The van der Waals surface area contributed by atoms with Crippen LogP contribution in [0.1, 0.15) is 56.5 Å². The second kappa shape index (κ2) is 9.37. The van der Waals surface area contributed by atoms with E-state index in [9.17, 15) is 14.4 Å². The molecule has 154 valence electrons. The highest BCUT2D eigenvalue weighted by molar-refractivity contribution is 6.14. The van der Waals surface area contributed by atoms with E-state index in [0.717, 1.165) is 0 Å². The third kappa shape index (κ3) is 5.67. The Morgan fingerprint density at radius 2 is 1.31 bits per heavy atom. The molecule has 0 aliphatic rings. The zero-order valence-electron chi connectivity index (χ0n) is 17.5. The molecule has 6 nitrogen and oxygen atoms in total. The van der Waals surface area contributed by atoms with Crippen LogP contribution in [0.2, 0.25) is 0 Å². The fourth-order valence-corrected chi connectivity index (χ4v) is 2.53. The lowest BCUT2D eigenvalue weighted by molar-refractivity contribution is -0.135. The number of nitrogens with one attached hydrogen (secondary N) is 2. The van der Waals surface area contributed by atoms with E-state index in [4.69, 9.17) is 4.74 Å². The number of hydrogen-bond acceptors (Lipinski definition) is 4. The van der Waals surface area contributed by atoms with E-state index in [1.165, 1.54) is 5.56 Å². The summed E-state index contributed by atoms with van der Waals surface area (Å²) >= 11 is 0. The predicted octanol–water partition coefficient (Wildman–Crippen LogP) is 4.59. The topological polar surface area (TPSA) is 84.5 Å². The Hall–Kier alpha value is -3.15. The van der Waals surface area contributed by atoms with Crippen LogP contribution in [0.5, 0.6) is 0 Å². The van der Waals surface area contributed by atoms with Crippen molar-refractivity contribution in [2.24, 2.45) is 5.41 Å². The minimum Gasteiger partial charge on any atom is -0.462 e. The molecule has 2 aromatic rings. The van der Waals surface area contributed by atoms with E-state index < -0.39 is 23.2 Å². The highest BCUT2D eigenvalue weighted by atomic mass is 16.5.